The van der Waals surface area contributed by atoms with Crippen molar-refractivity contribution in [2.24, 2.45) is 5.92 Å². The molecule has 2 fully saturated rings. The van der Waals surface area contributed by atoms with Gasteiger partial charge in [-0.25, -0.2) is 0 Å². The zero-order chi connectivity index (χ0) is 12.8. The molecule has 3 unspecified atom stereocenters. The van der Waals surface area contributed by atoms with Gasteiger partial charge in [0, 0.05) is 17.8 Å². The number of nitrogens with one attached hydrogen (secondary N) is 1. The van der Waals surface area contributed by atoms with Crippen molar-refractivity contribution in [1.82, 2.24) is 10.2 Å². The van der Waals surface area contributed by atoms with E-state index in [1.165, 1.54) is 64.0 Å². The Morgan fingerprint density at radius 3 is 2.72 bits per heavy atom. The molecule has 2 saturated heterocycles. The Bertz CT molecular complexity index is 229. The van der Waals surface area contributed by atoms with Crippen LogP contribution in [0.15, 0.2) is 0 Å². The number of piperidine rings is 1. The van der Waals surface area contributed by atoms with Crippen LogP contribution < -0.4 is 5.32 Å². The van der Waals surface area contributed by atoms with Crippen LogP contribution in [0, 0.1) is 5.92 Å². The molecule has 0 spiro atoms. The molecule has 0 aromatic rings. The highest BCUT2D eigenvalue weighted by Crippen LogP contribution is 2.25. The molecular formula is C15H30N2S. The van der Waals surface area contributed by atoms with Crippen molar-refractivity contribution < 1.29 is 0 Å². The quantitative estimate of drug-likeness (QED) is 0.827. The first-order chi connectivity index (χ1) is 8.75. The highest BCUT2D eigenvalue weighted by atomic mass is 32.2. The summed E-state index contributed by atoms with van der Waals surface area (Å²) in [6, 6.07) is 0.757. The molecule has 0 aromatic heterocycles. The molecule has 2 heterocycles. The first kappa shape index (κ1) is 14.7. The topological polar surface area (TPSA) is 15.3 Å². The van der Waals surface area contributed by atoms with Crippen molar-refractivity contribution in [1.29, 1.82) is 0 Å². The minimum absolute atomic E-state index is 0.757. The van der Waals surface area contributed by atoms with Crippen molar-refractivity contribution in [2.45, 2.75) is 57.2 Å². The lowest BCUT2D eigenvalue weighted by atomic mass is 10.1. The Morgan fingerprint density at radius 1 is 1.22 bits per heavy atom. The molecule has 0 amide bonds. The van der Waals surface area contributed by atoms with Gasteiger partial charge in [-0.05, 0) is 57.0 Å². The van der Waals surface area contributed by atoms with Crippen molar-refractivity contribution >= 4 is 11.8 Å². The third-order valence-electron chi connectivity index (χ3n) is 4.35. The molecule has 1 N–H and O–H groups in total. The van der Waals surface area contributed by atoms with Gasteiger partial charge in [0.2, 0.25) is 0 Å². The summed E-state index contributed by atoms with van der Waals surface area (Å²) in [6.45, 7) is 9.95. The van der Waals surface area contributed by atoms with Crippen LogP contribution in [0.25, 0.3) is 0 Å². The van der Waals surface area contributed by atoms with E-state index in [1.54, 1.807) is 0 Å². The van der Waals surface area contributed by atoms with Crippen LogP contribution in [0.3, 0.4) is 0 Å². The number of hydrogen-bond donors (Lipinski definition) is 1. The van der Waals surface area contributed by atoms with Crippen LogP contribution in [0.1, 0.15) is 46.0 Å². The fourth-order valence-corrected chi connectivity index (χ4v) is 4.36. The highest BCUT2D eigenvalue weighted by molar-refractivity contribution is 7.99. The fraction of sp³-hybridized carbons (Fsp3) is 1.00. The molecule has 0 saturated carbocycles. The lowest BCUT2D eigenvalue weighted by Gasteiger charge is -2.32. The first-order valence-electron chi connectivity index (χ1n) is 7.83. The van der Waals surface area contributed by atoms with E-state index < -0.39 is 0 Å². The summed E-state index contributed by atoms with van der Waals surface area (Å²) >= 11 is 2.14. The van der Waals surface area contributed by atoms with Crippen molar-refractivity contribution in [2.75, 3.05) is 31.9 Å². The van der Waals surface area contributed by atoms with Gasteiger partial charge < -0.3 is 10.2 Å². The molecule has 0 aromatic carbocycles. The Kier molecular flexibility index (Phi) is 6.33. The Morgan fingerprint density at radius 2 is 2.00 bits per heavy atom. The van der Waals surface area contributed by atoms with Gasteiger partial charge in [-0.2, -0.15) is 11.8 Å². The minimum Gasteiger partial charge on any atom is -0.313 e. The summed E-state index contributed by atoms with van der Waals surface area (Å²) in [7, 11) is 0. The normalized spacial score (nSPS) is 32.3. The van der Waals surface area contributed by atoms with Gasteiger partial charge >= 0.3 is 0 Å². The van der Waals surface area contributed by atoms with Gasteiger partial charge in [-0.3, -0.25) is 0 Å². The van der Waals surface area contributed by atoms with Crippen LogP contribution in [-0.2, 0) is 0 Å². The maximum Gasteiger partial charge on any atom is 0.0184 e. The van der Waals surface area contributed by atoms with E-state index in [9.17, 15) is 0 Å². The number of rotatable bonds is 5. The number of nitrogens with zero attached hydrogens (tertiary/aromatic N) is 1. The summed E-state index contributed by atoms with van der Waals surface area (Å²) in [6.07, 6.45) is 7.05. The predicted octanol–water partition coefficient (Wildman–Crippen LogP) is 2.98. The first-order valence-corrected chi connectivity index (χ1v) is 8.88. The molecule has 106 valence electrons. The summed E-state index contributed by atoms with van der Waals surface area (Å²) < 4.78 is 0. The second-order valence-corrected chi connectivity index (χ2v) is 7.68. The zero-order valence-electron chi connectivity index (χ0n) is 12.2. The van der Waals surface area contributed by atoms with E-state index in [0.717, 1.165) is 17.2 Å². The summed E-state index contributed by atoms with van der Waals surface area (Å²) in [5.74, 6) is 2.16. The molecule has 0 bridgehead atoms. The summed E-state index contributed by atoms with van der Waals surface area (Å²) in [5, 5.41) is 4.62. The molecule has 18 heavy (non-hydrogen) atoms. The third kappa shape index (κ3) is 4.75. The van der Waals surface area contributed by atoms with Gasteiger partial charge in [0.05, 0.1) is 0 Å². The monoisotopic (exact) mass is 270 g/mol. The van der Waals surface area contributed by atoms with Crippen molar-refractivity contribution in [3.05, 3.63) is 0 Å². The Hall–Kier alpha value is 0.270. The molecule has 2 aliphatic heterocycles. The van der Waals surface area contributed by atoms with E-state index in [0.29, 0.717) is 0 Å². The fourth-order valence-electron chi connectivity index (χ4n) is 3.19. The molecule has 2 rings (SSSR count). The van der Waals surface area contributed by atoms with Gasteiger partial charge in [0.25, 0.3) is 0 Å². The van der Waals surface area contributed by atoms with E-state index >= 15 is 0 Å². The predicted molar refractivity (Wildman–Crippen MR) is 82.4 cm³/mol. The van der Waals surface area contributed by atoms with Gasteiger partial charge in [0.15, 0.2) is 0 Å². The van der Waals surface area contributed by atoms with Crippen LogP contribution in [0.4, 0.5) is 0 Å². The molecule has 3 heteroatoms. The molecule has 0 aliphatic carbocycles. The number of hydrogen-bond acceptors (Lipinski definition) is 3. The number of likely N-dealkylation sites (tertiary alicyclic amines) is 1. The standard InChI is InChI=1S/C15H30N2S/c1-13(12-17-8-4-3-5-9-17)11-16-15-7-6-10-18-14(15)2/h13-16H,3-12H2,1-2H3. The Labute approximate surface area is 117 Å². The lowest BCUT2D eigenvalue weighted by Crippen LogP contribution is -2.43. The average Bonchev–Trinajstić information content (AvgIpc) is 2.39. The van der Waals surface area contributed by atoms with Gasteiger partial charge in [-0.15, -0.1) is 0 Å². The van der Waals surface area contributed by atoms with Crippen LogP contribution in [0.5, 0.6) is 0 Å². The molecule has 2 aliphatic rings. The van der Waals surface area contributed by atoms with E-state index in [-0.39, 0.29) is 0 Å². The van der Waals surface area contributed by atoms with E-state index in [1.807, 2.05) is 0 Å². The van der Waals surface area contributed by atoms with Gasteiger partial charge in [0.1, 0.15) is 0 Å². The maximum absolute atomic E-state index is 3.81. The largest absolute Gasteiger partial charge is 0.313 e. The minimum atomic E-state index is 0.757. The SMILES string of the molecule is CC(CNC1CCCSC1C)CN1CCCCC1. The second-order valence-electron chi connectivity index (χ2n) is 6.20. The summed E-state index contributed by atoms with van der Waals surface area (Å²) in [4.78, 5) is 2.66. The average molecular weight is 270 g/mol. The molecule has 3 atom stereocenters. The van der Waals surface area contributed by atoms with Crippen LogP contribution >= 0.6 is 11.8 Å². The smallest absolute Gasteiger partial charge is 0.0184 e. The molecule has 0 radical (unpaired) electrons. The number of thioether (sulfide) groups is 1. The molecular weight excluding hydrogens is 240 g/mol. The van der Waals surface area contributed by atoms with Crippen LogP contribution in [0.2, 0.25) is 0 Å². The maximum atomic E-state index is 3.81. The van der Waals surface area contributed by atoms with Gasteiger partial charge in [-0.1, -0.05) is 20.3 Å². The highest BCUT2D eigenvalue weighted by Gasteiger charge is 2.22. The second kappa shape index (κ2) is 7.76. The van der Waals surface area contributed by atoms with E-state index in [4.69, 9.17) is 0 Å². The zero-order valence-corrected chi connectivity index (χ0v) is 13.0. The Balaban J connectivity index is 1.62. The van der Waals surface area contributed by atoms with Crippen LogP contribution in [-0.4, -0.2) is 48.1 Å². The summed E-state index contributed by atoms with van der Waals surface area (Å²) in [5.41, 5.74) is 0. The third-order valence-corrected chi connectivity index (χ3v) is 5.73. The van der Waals surface area contributed by atoms with Crippen molar-refractivity contribution in [3.8, 4) is 0 Å². The van der Waals surface area contributed by atoms with Crippen molar-refractivity contribution in [3.63, 3.8) is 0 Å². The lowest BCUT2D eigenvalue weighted by molar-refractivity contribution is 0.196. The molecule has 2 nitrogen and oxygen atoms in total. The van der Waals surface area contributed by atoms with E-state index in [2.05, 4.69) is 35.8 Å².